The van der Waals surface area contributed by atoms with Crippen LogP contribution in [-0.2, 0) is 6.61 Å². The molecule has 2 aromatic carbocycles. The van der Waals surface area contributed by atoms with E-state index in [4.69, 9.17) is 14.2 Å². The van der Waals surface area contributed by atoms with Crippen molar-refractivity contribution < 1.29 is 14.2 Å². The van der Waals surface area contributed by atoms with Gasteiger partial charge >= 0.3 is 0 Å². The van der Waals surface area contributed by atoms with Gasteiger partial charge in [0.2, 0.25) is 0 Å². The van der Waals surface area contributed by atoms with Crippen LogP contribution in [0, 0.1) is 6.92 Å². The summed E-state index contributed by atoms with van der Waals surface area (Å²) in [7, 11) is 3.24. The molecule has 132 valence electrons. The van der Waals surface area contributed by atoms with E-state index in [0.29, 0.717) is 29.5 Å². The summed E-state index contributed by atoms with van der Waals surface area (Å²) in [6, 6.07) is 13.7. The van der Waals surface area contributed by atoms with E-state index in [1.165, 1.54) is 0 Å². The van der Waals surface area contributed by atoms with Gasteiger partial charge in [-0.05, 0) is 30.7 Å². The molecule has 0 saturated carbocycles. The first-order chi connectivity index (χ1) is 12.7. The molecule has 4 rings (SSSR count). The average Bonchev–Trinajstić information content (AvgIpc) is 3.01. The summed E-state index contributed by atoms with van der Waals surface area (Å²) < 4.78 is 18.5. The molecule has 0 radical (unpaired) electrons. The Morgan fingerprint density at radius 1 is 1.00 bits per heavy atom. The summed E-state index contributed by atoms with van der Waals surface area (Å²) in [5.74, 6) is 2.05. The molecular formula is C20H19N3O3. The van der Waals surface area contributed by atoms with Crippen LogP contribution < -0.4 is 14.2 Å². The second kappa shape index (κ2) is 6.55. The zero-order chi connectivity index (χ0) is 18.1. The SMILES string of the molecule is COc1ccc(COc2c(C)nn3c2ncc2ccccc23)cc1OC. The molecule has 4 aromatic rings. The molecule has 0 unspecified atom stereocenters. The van der Waals surface area contributed by atoms with Crippen molar-refractivity contribution in [1.29, 1.82) is 0 Å². The number of aromatic nitrogens is 3. The Kier molecular flexibility index (Phi) is 4.08. The molecule has 0 amide bonds. The van der Waals surface area contributed by atoms with Crippen molar-refractivity contribution in [3.05, 3.63) is 59.9 Å². The standard InChI is InChI=1S/C20H19N3O3/c1-13-19(26-12-14-8-9-17(24-2)18(10-14)25-3)20-21-11-15-6-4-5-7-16(15)23(20)22-13/h4-11H,12H2,1-3H3. The summed E-state index contributed by atoms with van der Waals surface area (Å²) in [5, 5.41) is 5.64. The maximum atomic E-state index is 6.06. The maximum Gasteiger partial charge on any atom is 0.198 e. The van der Waals surface area contributed by atoms with Gasteiger partial charge in [-0.3, -0.25) is 0 Å². The number of hydrogen-bond acceptors (Lipinski definition) is 5. The first-order valence-corrected chi connectivity index (χ1v) is 8.28. The van der Waals surface area contributed by atoms with Gasteiger partial charge in [-0.15, -0.1) is 0 Å². The minimum Gasteiger partial charge on any atom is -0.493 e. The van der Waals surface area contributed by atoms with Gasteiger partial charge in [-0.25, -0.2) is 9.50 Å². The number of para-hydroxylation sites is 1. The summed E-state index contributed by atoms with van der Waals surface area (Å²) in [6.45, 7) is 2.31. The first-order valence-electron chi connectivity index (χ1n) is 8.28. The third-order valence-corrected chi connectivity index (χ3v) is 4.30. The Morgan fingerprint density at radius 2 is 1.81 bits per heavy atom. The predicted octanol–water partition coefficient (Wildman–Crippen LogP) is 3.79. The molecule has 26 heavy (non-hydrogen) atoms. The Labute approximate surface area is 150 Å². The molecule has 0 fully saturated rings. The number of aryl methyl sites for hydroxylation is 1. The Hall–Kier alpha value is -3.28. The molecule has 6 heteroatoms. The largest absolute Gasteiger partial charge is 0.493 e. The van der Waals surface area contributed by atoms with Crippen molar-refractivity contribution in [3.63, 3.8) is 0 Å². The van der Waals surface area contributed by atoms with Crippen molar-refractivity contribution in [2.45, 2.75) is 13.5 Å². The van der Waals surface area contributed by atoms with E-state index in [2.05, 4.69) is 10.1 Å². The fourth-order valence-corrected chi connectivity index (χ4v) is 3.00. The van der Waals surface area contributed by atoms with Crippen molar-refractivity contribution in [2.75, 3.05) is 14.2 Å². The third-order valence-electron chi connectivity index (χ3n) is 4.30. The van der Waals surface area contributed by atoms with Gasteiger partial charge in [0.1, 0.15) is 12.3 Å². The quantitative estimate of drug-likeness (QED) is 0.549. The predicted molar refractivity (Wildman–Crippen MR) is 99.1 cm³/mol. The van der Waals surface area contributed by atoms with Crippen molar-refractivity contribution in [2.24, 2.45) is 0 Å². The lowest BCUT2D eigenvalue weighted by molar-refractivity contribution is 0.304. The minimum absolute atomic E-state index is 0.386. The Balaban J connectivity index is 1.67. The minimum atomic E-state index is 0.386. The van der Waals surface area contributed by atoms with Gasteiger partial charge in [0.25, 0.3) is 0 Å². The van der Waals surface area contributed by atoms with Gasteiger partial charge in [0, 0.05) is 11.6 Å². The molecule has 0 bridgehead atoms. The smallest absolute Gasteiger partial charge is 0.198 e. The Morgan fingerprint density at radius 3 is 2.62 bits per heavy atom. The van der Waals surface area contributed by atoms with E-state index < -0.39 is 0 Å². The molecule has 2 heterocycles. The lowest BCUT2D eigenvalue weighted by atomic mass is 10.2. The van der Waals surface area contributed by atoms with Crippen molar-refractivity contribution in [1.82, 2.24) is 14.6 Å². The van der Waals surface area contributed by atoms with Crippen LogP contribution in [0.3, 0.4) is 0 Å². The number of ether oxygens (including phenoxy) is 3. The van der Waals surface area contributed by atoms with Crippen LogP contribution >= 0.6 is 0 Å². The van der Waals surface area contributed by atoms with Gasteiger partial charge in [0.05, 0.1) is 19.7 Å². The molecule has 2 aromatic heterocycles. The normalized spacial score (nSPS) is 11.0. The molecule has 0 N–H and O–H groups in total. The van der Waals surface area contributed by atoms with Gasteiger partial charge in [-0.1, -0.05) is 24.3 Å². The zero-order valence-electron chi connectivity index (χ0n) is 14.9. The topological polar surface area (TPSA) is 57.9 Å². The highest BCUT2D eigenvalue weighted by molar-refractivity contribution is 5.81. The van der Waals surface area contributed by atoms with E-state index in [0.717, 1.165) is 22.2 Å². The Bertz CT molecular complexity index is 1090. The van der Waals surface area contributed by atoms with Crippen molar-refractivity contribution >= 4 is 16.6 Å². The van der Waals surface area contributed by atoms with Crippen LogP contribution in [0.15, 0.2) is 48.7 Å². The molecule has 0 aliphatic rings. The van der Waals surface area contributed by atoms with Crippen molar-refractivity contribution in [3.8, 4) is 17.2 Å². The second-order valence-electron chi connectivity index (χ2n) is 5.94. The fraction of sp³-hybridized carbons (Fsp3) is 0.200. The van der Waals surface area contributed by atoms with Crippen LogP contribution in [0.5, 0.6) is 17.2 Å². The highest BCUT2D eigenvalue weighted by Gasteiger charge is 2.15. The molecule has 0 spiro atoms. The van der Waals surface area contributed by atoms with Gasteiger partial charge < -0.3 is 14.2 Å². The molecule has 0 aliphatic heterocycles. The zero-order valence-corrected chi connectivity index (χ0v) is 14.9. The van der Waals surface area contributed by atoms with E-state index in [1.807, 2.05) is 60.1 Å². The molecule has 6 nitrogen and oxygen atoms in total. The summed E-state index contributed by atoms with van der Waals surface area (Å²) in [6.07, 6.45) is 1.84. The van der Waals surface area contributed by atoms with E-state index in [-0.39, 0.29) is 0 Å². The first kappa shape index (κ1) is 16.2. The third kappa shape index (κ3) is 2.69. The van der Waals surface area contributed by atoms with E-state index in [9.17, 15) is 0 Å². The molecule has 0 atom stereocenters. The van der Waals surface area contributed by atoms with E-state index >= 15 is 0 Å². The molecule has 0 saturated heterocycles. The number of fused-ring (bicyclic) bond motifs is 3. The number of rotatable bonds is 5. The average molecular weight is 349 g/mol. The highest BCUT2D eigenvalue weighted by atomic mass is 16.5. The van der Waals surface area contributed by atoms with Crippen LogP contribution in [0.4, 0.5) is 0 Å². The number of hydrogen-bond donors (Lipinski definition) is 0. The molecule has 0 aliphatic carbocycles. The van der Waals surface area contributed by atoms with Crippen LogP contribution in [0.1, 0.15) is 11.3 Å². The van der Waals surface area contributed by atoms with Crippen LogP contribution in [0.2, 0.25) is 0 Å². The number of nitrogens with zero attached hydrogens (tertiary/aromatic N) is 3. The molecular weight excluding hydrogens is 330 g/mol. The number of methoxy groups -OCH3 is 2. The summed E-state index contributed by atoms with van der Waals surface area (Å²) in [5.41, 5.74) is 3.49. The highest BCUT2D eigenvalue weighted by Crippen LogP contribution is 2.30. The van der Waals surface area contributed by atoms with E-state index in [1.54, 1.807) is 14.2 Å². The second-order valence-corrected chi connectivity index (χ2v) is 5.94. The van der Waals surface area contributed by atoms with Gasteiger partial charge in [-0.2, -0.15) is 5.10 Å². The maximum absolute atomic E-state index is 6.06. The lowest BCUT2D eigenvalue weighted by Crippen LogP contribution is -1.99. The summed E-state index contributed by atoms with van der Waals surface area (Å²) in [4.78, 5) is 4.53. The number of benzene rings is 2. The fourth-order valence-electron chi connectivity index (χ4n) is 3.00. The van der Waals surface area contributed by atoms with Gasteiger partial charge in [0.15, 0.2) is 22.9 Å². The van der Waals surface area contributed by atoms with Crippen LogP contribution in [-0.4, -0.2) is 28.8 Å². The summed E-state index contributed by atoms with van der Waals surface area (Å²) >= 11 is 0. The lowest BCUT2D eigenvalue weighted by Gasteiger charge is -2.10. The van der Waals surface area contributed by atoms with Crippen LogP contribution in [0.25, 0.3) is 16.6 Å². The monoisotopic (exact) mass is 349 g/mol.